The Hall–Kier alpha value is -2.18. The molecule has 2 aromatic heterocycles. The molecular weight excluding hydrogens is 364 g/mol. The van der Waals surface area contributed by atoms with Crippen LogP contribution >= 0.6 is 0 Å². The van der Waals surface area contributed by atoms with E-state index in [9.17, 15) is 4.79 Å². The highest BCUT2D eigenvalue weighted by atomic mass is 16.5. The number of ether oxygens (including phenoxy) is 1. The van der Waals surface area contributed by atoms with E-state index in [-0.39, 0.29) is 17.3 Å². The highest BCUT2D eigenvalue weighted by Gasteiger charge is 2.42. The highest BCUT2D eigenvalue weighted by Crippen LogP contribution is 2.39. The average molecular weight is 397 g/mol. The first-order valence-corrected chi connectivity index (χ1v) is 10.7. The molecule has 4 rings (SSSR count). The minimum atomic E-state index is -0.0208. The number of rotatable bonds is 5. The topological polar surface area (TPSA) is 52.3 Å². The van der Waals surface area contributed by atoms with Crippen molar-refractivity contribution in [3.05, 3.63) is 52.7 Å². The van der Waals surface area contributed by atoms with Crippen LogP contribution in [0.1, 0.15) is 39.5 Å². The van der Waals surface area contributed by atoms with E-state index in [1.807, 2.05) is 18.3 Å². The van der Waals surface area contributed by atoms with Crippen molar-refractivity contribution in [2.24, 2.45) is 7.05 Å². The molecule has 1 spiro atoms. The summed E-state index contributed by atoms with van der Waals surface area (Å²) in [5.41, 5.74) is 2.04. The largest absolute Gasteiger partial charge is 0.370 e. The van der Waals surface area contributed by atoms with Crippen molar-refractivity contribution in [2.45, 2.75) is 57.8 Å². The van der Waals surface area contributed by atoms with Gasteiger partial charge in [-0.2, -0.15) is 0 Å². The molecular formula is C23H32N4O2. The summed E-state index contributed by atoms with van der Waals surface area (Å²) >= 11 is 0. The van der Waals surface area contributed by atoms with Gasteiger partial charge >= 0.3 is 0 Å². The number of aromatic nitrogens is 3. The van der Waals surface area contributed by atoms with Crippen LogP contribution in [-0.4, -0.2) is 50.4 Å². The molecule has 1 atom stereocenters. The van der Waals surface area contributed by atoms with Crippen molar-refractivity contribution in [2.75, 3.05) is 19.6 Å². The van der Waals surface area contributed by atoms with Gasteiger partial charge in [0.05, 0.1) is 23.8 Å². The Bertz CT molecular complexity index is 930. The molecule has 1 unspecified atom stereocenters. The van der Waals surface area contributed by atoms with Crippen molar-refractivity contribution in [1.29, 1.82) is 0 Å². The maximum Gasteiger partial charge on any atom is 0.261 e. The Balaban J connectivity index is 1.40. The number of likely N-dealkylation sites (tertiary alicyclic amines) is 1. The highest BCUT2D eigenvalue weighted by molar-refractivity contribution is 5.53. The van der Waals surface area contributed by atoms with E-state index in [0.717, 1.165) is 57.7 Å². The number of hydrogen-bond acceptors (Lipinski definition) is 4. The van der Waals surface area contributed by atoms with Crippen molar-refractivity contribution in [3.63, 3.8) is 0 Å². The van der Waals surface area contributed by atoms with Crippen LogP contribution in [0.15, 0.2) is 47.2 Å². The van der Waals surface area contributed by atoms with E-state index in [4.69, 9.17) is 4.74 Å². The van der Waals surface area contributed by atoms with Gasteiger partial charge in [0.1, 0.15) is 5.82 Å². The number of piperidine rings is 1. The number of imidazole rings is 1. The monoisotopic (exact) mass is 396 g/mol. The van der Waals surface area contributed by atoms with Crippen LogP contribution in [0, 0.1) is 0 Å². The Morgan fingerprint density at radius 1 is 1.28 bits per heavy atom. The first-order chi connectivity index (χ1) is 14.0. The second-order valence-electron chi connectivity index (χ2n) is 8.78. The lowest BCUT2D eigenvalue weighted by molar-refractivity contribution is -0.0794. The van der Waals surface area contributed by atoms with Crippen molar-refractivity contribution in [3.8, 4) is 11.4 Å². The third kappa shape index (κ3) is 4.38. The number of aryl methyl sites for hydroxylation is 1. The standard InChI is InChI=1S/C23H32N4O2/c1-18(2)7-13-26-14-9-23(10-15-26)8-6-19(29-23)17-27-16-11-24-21(27)20-5-4-12-25(3)22(20)28/h4-5,7,11-12,16,19H,6,8-10,13-15,17H2,1-3H3. The first-order valence-electron chi connectivity index (χ1n) is 10.7. The second-order valence-corrected chi connectivity index (χ2v) is 8.78. The van der Waals surface area contributed by atoms with Crippen LogP contribution in [0.4, 0.5) is 0 Å². The lowest BCUT2D eigenvalue weighted by Crippen LogP contribution is -2.44. The predicted molar refractivity (Wildman–Crippen MR) is 115 cm³/mol. The molecule has 2 aromatic rings. The predicted octanol–water partition coefficient (Wildman–Crippen LogP) is 3.23. The van der Waals surface area contributed by atoms with Gasteiger partial charge in [-0.25, -0.2) is 4.98 Å². The van der Waals surface area contributed by atoms with E-state index in [1.54, 1.807) is 24.0 Å². The molecule has 0 saturated carbocycles. The molecule has 0 aromatic carbocycles. The molecule has 0 N–H and O–H groups in total. The van der Waals surface area contributed by atoms with Crippen LogP contribution in [0.3, 0.4) is 0 Å². The number of pyridine rings is 1. The van der Waals surface area contributed by atoms with Gasteiger partial charge in [-0.3, -0.25) is 9.69 Å². The van der Waals surface area contributed by atoms with E-state index >= 15 is 0 Å². The molecule has 2 aliphatic rings. The van der Waals surface area contributed by atoms with E-state index in [2.05, 4.69) is 34.4 Å². The van der Waals surface area contributed by atoms with Gasteiger partial charge in [0.25, 0.3) is 5.56 Å². The fourth-order valence-electron chi connectivity index (χ4n) is 4.53. The van der Waals surface area contributed by atoms with Gasteiger partial charge in [-0.1, -0.05) is 11.6 Å². The number of nitrogens with zero attached hydrogens (tertiary/aromatic N) is 4. The van der Waals surface area contributed by atoms with Gasteiger partial charge in [-0.15, -0.1) is 0 Å². The van der Waals surface area contributed by atoms with Crippen LogP contribution in [0.2, 0.25) is 0 Å². The van der Waals surface area contributed by atoms with Crippen molar-refractivity contribution < 1.29 is 4.74 Å². The Morgan fingerprint density at radius 3 is 2.83 bits per heavy atom. The molecule has 2 fully saturated rings. The van der Waals surface area contributed by atoms with Gasteiger partial charge in [0, 0.05) is 45.3 Å². The summed E-state index contributed by atoms with van der Waals surface area (Å²) in [7, 11) is 1.77. The second kappa shape index (κ2) is 8.28. The smallest absolute Gasteiger partial charge is 0.261 e. The molecule has 29 heavy (non-hydrogen) atoms. The minimum Gasteiger partial charge on any atom is -0.370 e. The summed E-state index contributed by atoms with van der Waals surface area (Å²) in [6.07, 6.45) is 12.4. The summed E-state index contributed by atoms with van der Waals surface area (Å²) < 4.78 is 10.3. The third-order valence-electron chi connectivity index (χ3n) is 6.34. The molecule has 2 saturated heterocycles. The van der Waals surface area contributed by atoms with E-state index in [0.29, 0.717) is 5.56 Å². The lowest BCUT2D eigenvalue weighted by Gasteiger charge is -2.39. The molecule has 6 nitrogen and oxygen atoms in total. The number of hydrogen-bond donors (Lipinski definition) is 0. The summed E-state index contributed by atoms with van der Waals surface area (Å²) in [5.74, 6) is 0.729. The normalized spacial score (nSPS) is 21.6. The van der Waals surface area contributed by atoms with Gasteiger partial charge in [-0.05, 0) is 51.7 Å². The SMILES string of the molecule is CC(C)=CCN1CCC2(CCC(Cn3ccnc3-c3cccn(C)c3=O)O2)CC1. The van der Waals surface area contributed by atoms with Gasteiger partial charge in [0.2, 0.25) is 0 Å². The quantitative estimate of drug-likeness (QED) is 0.728. The summed E-state index contributed by atoms with van der Waals surface area (Å²) in [4.78, 5) is 19.5. The van der Waals surface area contributed by atoms with Crippen LogP contribution in [-0.2, 0) is 18.3 Å². The summed E-state index contributed by atoms with van der Waals surface area (Å²) in [5, 5.41) is 0. The van der Waals surface area contributed by atoms with Crippen LogP contribution in [0.25, 0.3) is 11.4 Å². The zero-order chi connectivity index (χ0) is 20.4. The molecule has 0 amide bonds. The zero-order valence-corrected chi connectivity index (χ0v) is 17.8. The molecule has 156 valence electrons. The van der Waals surface area contributed by atoms with Crippen LogP contribution < -0.4 is 5.56 Å². The van der Waals surface area contributed by atoms with Crippen molar-refractivity contribution in [1.82, 2.24) is 19.0 Å². The third-order valence-corrected chi connectivity index (χ3v) is 6.34. The fraction of sp³-hybridized carbons (Fsp3) is 0.565. The Kier molecular flexibility index (Phi) is 5.74. The van der Waals surface area contributed by atoms with Crippen LogP contribution in [0.5, 0.6) is 0 Å². The van der Waals surface area contributed by atoms with E-state index < -0.39 is 0 Å². The molecule has 2 aliphatic heterocycles. The van der Waals surface area contributed by atoms with Gasteiger partial charge < -0.3 is 13.9 Å². The number of allylic oxidation sites excluding steroid dienone is 1. The summed E-state index contributed by atoms with van der Waals surface area (Å²) in [6, 6.07) is 3.74. The first kappa shape index (κ1) is 20.1. The maximum absolute atomic E-state index is 12.5. The Labute approximate surface area is 172 Å². The molecule has 6 heteroatoms. The molecule has 0 bridgehead atoms. The molecule has 0 aliphatic carbocycles. The minimum absolute atomic E-state index is 0.0208. The van der Waals surface area contributed by atoms with Gasteiger partial charge in [0.15, 0.2) is 0 Å². The van der Waals surface area contributed by atoms with Crippen molar-refractivity contribution >= 4 is 0 Å². The fourth-order valence-corrected chi connectivity index (χ4v) is 4.53. The summed E-state index contributed by atoms with van der Waals surface area (Å²) in [6.45, 7) is 8.32. The zero-order valence-electron chi connectivity index (χ0n) is 17.8. The Morgan fingerprint density at radius 2 is 2.07 bits per heavy atom. The average Bonchev–Trinajstić information content (AvgIpc) is 3.31. The molecule has 4 heterocycles. The maximum atomic E-state index is 12.5. The van der Waals surface area contributed by atoms with E-state index in [1.165, 1.54) is 5.57 Å². The lowest BCUT2D eigenvalue weighted by atomic mass is 9.88. The molecule has 0 radical (unpaired) electrons.